The predicted molar refractivity (Wildman–Crippen MR) is 68.5 cm³/mol. The Balaban J connectivity index is 2.20. The zero-order valence-electron chi connectivity index (χ0n) is 10.00. The number of ether oxygens (including phenoxy) is 1. The fourth-order valence-electron chi connectivity index (χ4n) is 2.89. The number of benzene rings is 1. The highest BCUT2D eigenvalue weighted by atomic mass is 35.5. The Hall–Kier alpha value is -1.42. The molecule has 0 saturated heterocycles. The van der Waals surface area contributed by atoms with Crippen LogP contribution in [0.2, 0.25) is 5.02 Å². The Kier molecular flexibility index (Phi) is 2.45. The molecule has 1 unspecified atom stereocenters. The van der Waals surface area contributed by atoms with Crippen molar-refractivity contribution in [3.05, 3.63) is 22.7 Å². The van der Waals surface area contributed by atoms with Gasteiger partial charge < -0.3 is 15.2 Å². The number of halogens is 1. The van der Waals surface area contributed by atoms with E-state index in [1.807, 2.05) is 0 Å². The van der Waals surface area contributed by atoms with Crippen molar-refractivity contribution in [2.45, 2.75) is 18.8 Å². The van der Waals surface area contributed by atoms with Crippen LogP contribution in [0.3, 0.4) is 0 Å². The first-order chi connectivity index (χ1) is 8.59. The Labute approximate surface area is 110 Å². The zero-order chi connectivity index (χ0) is 12.9. The maximum atomic E-state index is 11.6. The van der Waals surface area contributed by atoms with Crippen LogP contribution in [0.15, 0.2) is 12.1 Å². The van der Waals surface area contributed by atoms with Gasteiger partial charge in [-0.3, -0.25) is 4.79 Å². The van der Waals surface area contributed by atoms with E-state index in [1.54, 1.807) is 19.2 Å². The summed E-state index contributed by atoms with van der Waals surface area (Å²) in [6, 6.07) is 3.47. The summed E-state index contributed by atoms with van der Waals surface area (Å²) in [4.78, 5) is 11.6. The van der Waals surface area contributed by atoms with Gasteiger partial charge in [-0.05, 0) is 25.0 Å². The summed E-state index contributed by atoms with van der Waals surface area (Å²) >= 11 is 6.21. The van der Waals surface area contributed by atoms with E-state index < -0.39 is 11.9 Å². The normalized spacial score (nSPS) is 23.1. The van der Waals surface area contributed by atoms with Crippen LogP contribution in [0, 0.1) is 5.41 Å². The lowest BCUT2D eigenvalue weighted by Crippen LogP contribution is -2.34. The Morgan fingerprint density at radius 1 is 1.56 bits per heavy atom. The van der Waals surface area contributed by atoms with Gasteiger partial charge in [-0.25, -0.2) is 0 Å². The summed E-state index contributed by atoms with van der Waals surface area (Å²) in [7, 11) is 1.57. The van der Waals surface area contributed by atoms with Crippen molar-refractivity contribution in [2.24, 2.45) is 5.41 Å². The molecule has 2 N–H and O–H groups in total. The van der Waals surface area contributed by atoms with Crippen molar-refractivity contribution in [2.75, 3.05) is 19.0 Å². The molecule has 1 aromatic carbocycles. The SMILES string of the molecule is COc1ccc(Cl)c2c1NCC1(CC1)C2C(=O)O. The molecular formula is C13H14ClNO3. The number of carboxylic acid groups (broad SMARTS) is 1. The molecule has 2 aliphatic rings. The third-order valence-electron chi connectivity index (χ3n) is 4.03. The van der Waals surface area contributed by atoms with Gasteiger partial charge in [0.25, 0.3) is 0 Å². The van der Waals surface area contributed by atoms with Crippen molar-refractivity contribution < 1.29 is 14.6 Å². The summed E-state index contributed by atoms with van der Waals surface area (Å²) < 4.78 is 5.27. The summed E-state index contributed by atoms with van der Waals surface area (Å²) in [5, 5.41) is 13.3. The molecule has 0 aromatic heterocycles. The van der Waals surface area contributed by atoms with Crippen LogP contribution in [0.25, 0.3) is 0 Å². The van der Waals surface area contributed by atoms with Gasteiger partial charge in [0.05, 0.1) is 18.7 Å². The molecule has 4 nitrogen and oxygen atoms in total. The first-order valence-corrected chi connectivity index (χ1v) is 6.30. The minimum absolute atomic E-state index is 0.158. The predicted octanol–water partition coefficient (Wildman–Crippen LogP) is 2.72. The summed E-state index contributed by atoms with van der Waals surface area (Å²) in [5.74, 6) is -0.682. The fourth-order valence-corrected chi connectivity index (χ4v) is 3.16. The average molecular weight is 268 g/mol. The average Bonchev–Trinajstić information content (AvgIpc) is 3.10. The van der Waals surface area contributed by atoms with E-state index in [-0.39, 0.29) is 5.41 Å². The van der Waals surface area contributed by atoms with Crippen LogP contribution in [0.1, 0.15) is 24.3 Å². The maximum Gasteiger partial charge on any atom is 0.311 e. The summed E-state index contributed by atoms with van der Waals surface area (Å²) in [6.07, 6.45) is 1.87. The number of anilines is 1. The van der Waals surface area contributed by atoms with E-state index >= 15 is 0 Å². The second-order valence-corrected chi connectivity index (χ2v) is 5.43. The van der Waals surface area contributed by atoms with Gasteiger partial charge in [0.15, 0.2) is 0 Å². The van der Waals surface area contributed by atoms with Gasteiger partial charge in [0, 0.05) is 22.5 Å². The second kappa shape index (κ2) is 3.79. The number of carbonyl (C=O) groups is 1. The van der Waals surface area contributed by atoms with E-state index in [0.29, 0.717) is 22.9 Å². The van der Waals surface area contributed by atoms with E-state index in [0.717, 1.165) is 18.5 Å². The lowest BCUT2D eigenvalue weighted by atomic mass is 9.79. The monoisotopic (exact) mass is 267 g/mol. The highest BCUT2D eigenvalue weighted by Gasteiger charge is 2.56. The largest absolute Gasteiger partial charge is 0.495 e. The van der Waals surface area contributed by atoms with Gasteiger partial charge in [-0.2, -0.15) is 0 Å². The quantitative estimate of drug-likeness (QED) is 0.865. The molecule has 1 atom stereocenters. The number of methoxy groups -OCH3 is 1. The van der Waals surface area contributed by atoms with Gasteiger partial charge in [-0.15, -0.1) is 0 Å². The molecule has 1 aliphatic carbocycles. The third-order valence-corrected chi connectivity index (χ3v) is 4.36. The first kappa shape index (κ1) is 11.7. The molecule has 0 bridgehead atoms. The molecule has 96 valence electrons. The highest BCUT2D eigenvalue weighted by molar-refractivity contribution is 6.32. The van der Waals surface area contributed by atoms with Crippen molar-refractivity contribution in [3.8, 4) is 5.75 Å². The van der Waals surface area contributed by atoms with Crippen LogP contribution >= 0.6 is 11.6 Å². The highest BCUT2D eigenvalue weighted by Crippen LogP contribution is 2.61. The van der Waals surface area contributed by atoms with Crippen LogP contribution in [-0.2, 0) is 4.79 Å². The van der Waals surface area contributed by atoms with E-state index in [9.17, 15) is 9.90 Å². The number of hydrogen-bond acceptors (Lipinski definition) is 3. The number of hydrogen-bond donors (Lipinski definition) is 2. The van der Waals surface area contributed by atoms with E-state index in [1.165, 1.54) is 0 Å². The number of nitrogens with one attached hydrogen (secondary N) is 1. The lowest BCUT2D eigenvalue weighted by molar-refractivity contribution is -0.140. The van der Waals surface area contributed by atoms with Crippen LogP contribution < -0.4 is 10.1 Å². The van der Waals surface area contributed by atoms with Gasteiger partial charge >= 0.3 is 5.97 Å². The van der Waals surface area contributed by atoms with Crippen molar-refractivity contribution in [3.63, 3.8) is 0 Å². The topological polar surface area (TPSA) is 58.6 Å². The number of aliphatic carboxylic acids is 1. The minimum atomic E-state index is -0.801. The van der Waals surface area contributed by atoms with Crippen LogP contribution in [-0.4, -0.2) is 24.7 Å². The standard InChI is InChI=1S/C13H14ClNO3/c1-18-8-3-2-7(14)9-10(12(16)17)13(4-5-13)6-15-11(8)9/h2-3,10,15H,4-6H2,1H3,(H,16,17). The van der Waals surface area contributed by atoms with E-state index in [4.69, 9.17) is 16.3 Å². The van der Waals surface area contributed by atoms with Gasteiger partial charge in [0.2, 0.25) is 0 Å². The molecule has 1 saturated carbocycles. The molecule has 0 amide bonds. The third kappa shape index (κ3) is 1.48. The molecule has 5 heteroatoms. The van der Waals surface area contributed by atoms with E-state index in [2.05, 4.69) is 5.32 Å². The molecule has 1 heterocycles. The summed E-state index contributed by atoms with van der Waals surface area (Å²) in [5.41, 5.74) is 1.25. The minimum Gasteiger partial charge on any atom is -0.495 e. The number of carboxylic acids is 1. The molecule has 0 radical (unpaired) electrons. The lowest BCUT2D eigenvalue weighted by Gasteiger charge is -2.33. The molecule has 1 fully saturated rings. The fraction of sp³-hybridized carbons (Fsp3) is 0.462. The zero-order valence-corrected chi connectivity index (χ0v) is 10.8. The van der Waals surface area contributed by atoms with Crippen molar-refractivity contribution in [1.29, 1.82) is 0 Å². The molecule has 1 aliphatic heterocycles. The maximum absolute atomic E-state index is 11.6. The summed E-state index contributed by atoms with van der Waals surface area (Å²) in [6.45, 7) is 0.674. The number of rotatable bonds is 2. The molecule has 1 aromatic rings. The molecular weight excluding hydrogens is 254 g/mol. The first-order valence-electron chi connectivity index (χ1n) is 5.92. The molecule has 3 rings (SSSR count). The van der Waals surface area contributed by atoms with Crippen molar-refractivity contribution >= 4 is 23.3 Å². The Bertz CT molecular complexity index is 525. The van der Waals surface area contributed by atoms with Crippen molar-refractivity contribution in [1.82, 2.24) is 0 Å². The van der Waals surface area contributed by atoms with Gasteiger partial charge in [0.1, 0.15) is 5.75 Å². The van der Waals surface area contributed by atoms with Crippen LogP contribution in [0.4, 0.5) is 5.69 Å². The Morgan fingerprint density at radius 2 is 2.28 bits per heavy atom. The Morgan fingerprint density at radius 3 is 2.83 bits per heavy atom. The van der Waals surface area contributed by atoms with Crippen LogP contribution in [0.5, 0.6) is 5.75 Å². The molecule has 18 heavy (non-hydrogen) atoms. The second-order valence-electron chi connectivity index (χ2n) is 5.03. The smallest absolute Gasteiger partial charge is 0.311 e. The molecule has 1 spiro atoms. The van der Waals surface area contributed by atoms with Gasteiger partial charge in [-0.1, -0.05) is 11.6 Å². The number of fused-ring (bicyclic) bond motifs is 1.